The van der Waals surface area contributed by atoms with Crippen LogP contribution < -0.4 is 10.2 Å². The molecule has 0 aromatic heterocycles. The van der Waals surface area contributed by atoms with E-state index in [9.17, 15) is 4.79 Å². The molecule has 1 aliphatic rings. The van der Waals surface area contributed by atoms with E-state index in [1.165, 1.54) is 10.8 Å². The molecule has 1 amide bonds. The second kappa shape index (κ2) is 5.02. The standard InChI is InChI=1S/C16H18N2O/c1-17-15-7-4-10-18(16(15)19)14-9-8-12-5-2-3-6-13(12)11-14/h2-3,5-6,8-9,11,15,17H,4,7,10H2,1H3. The van der Waals surface area contributed by atoms with Crippen molar-refractivity contribution in [3.8, 4) is 0 Å². The van der Waals surface area contributed by atoms with Gasteiger partial charge in [-0.3, -0.25) is 4.79 Å². The maximum Gasteiger partial charge on any atom is 0.244 e. The van der Waals surface area contributed by atoms with Gasteiger partial charge in [0.1, 0.15) is 0 Å². The molecule has 19 heavy (non-hydrogen) atoms. The van der Waals surface area contributed by atoms with E-state index in [1.54, 1.807) is 0 Å². The van der Waals surface area contributed by atoms with Crippen LogP contribution in [0.5, 0.6) is 0 Å². The van der Waals surface area contributed by atoms with E-state index in [4.69, 9.17) is 0 Å². The Kier molecular flexibility index (Phi) is 3.22. The van der Waals surface area contributed by atoms with Crippen LogP contribution in [0, 0.1) is 0 Å². The van der Waals surface area contributed by atoms with Gasteiger partial charge in [-0.1, -0.05) is 30.3 Å². The SMILES string of the molecule is CNC1CCCN(c2ccc3ccccc3c2)C1=O. The number of fused-ring (bicyclic) bond motifs is 1. The van der Waals surface area contributed by atoms with E-state index >= 15 is 0 Å². The molecule has 1 aliphatic heterocycles. The number of amides is 1. The number of likely N-dealkylation sites (N-methyl/N-ethyl adjacent to an activating group) is 1. The molecular weight excluding hydrogens is 236 g/mol. The Hall–Kier alpha value is -1.87. The third kappa shape index (κ3) is 2.22. The zero-order chi connectivity index (χ0) is 13.2. The Balaban J connectivity index is 1.97. The van der Waals surface area contributed by atoms with Gasteiger partial charge in [0.05, 0.1) is 6.04 Å². The Morgan fingerprint density at radius 2 is 1.95 bits per heavy atom. The second-order valence-electron chi connectivity index (χ2n) is 5.00. The summed E-state index contributed by atoms with van der Waals surface area (Å²) in [7, 11) is 1.85. The van der Waals surface area contributed by atoms with Crippen molar-refractivity contribution in [3.63, 3.8) is 0 Å². The maximum atomic E-state index is 12.4. The molecule has 2 aromatic carbocycles. The van der Waals surface area contributed by atoms with Crippen LogP contribution in [0.15, 0.2) is 42.5 Å². The average Bonchev–Trinajstić information content (AvgIpc) is 2.47. The molecule has 1 unspecified atom stereocenters. The number of anilines is 1. The molecule has 1 atom stereocenters. The summed E-state index contributed by atoms with van der Waals surface area (Å²) in [4.78, 5) is 14.3. The van der Waals surface area contributed by atoms with E-state index in [1.807, 2.05) is 30.1 Å². The minimum Gasteiger partial charge on any atom is -0.311 e. The molecule has 0 radical (unpaired) electrons. The molecule has 1 fully saturated rings. The fourth-order valence-electron chi connectivity index (χ4n) is 2.74. The highest BCUT2D eigenvalue weighted by Crippen LogP contribution is 2.25. The molecule has 1 saturated heterocycles. The lowest BCUT2D eigenvalue weighted by Crippen LogP contribution is -2.49. The molecule has 98 valence electrons. The zero-order valence-corrected chi connectivity index (χ0v) is 11.1. The number of nitrogens with zero attached hydrogens (tertiary/aromatic N) is 1. The van der Waals surface area contributed by atoms with Crippen molar-refractivity contribution in [1.29, 1.82) is 0 Å². The Bertz CT molecular complexity index is 608. The molecular formula is C16H18N2O. The fourth-order valence-corrected chi connectivity index (χ4v) is 2.74. The van der Waals surface area contributed by atoms with E-state index in [-0.39, 0.29) is 11.9 Å². The first-order valence-electron chi connectivity index (χ1n) is 6.77. The van der Waals surface area contributed by atoms with E-state index in [2.05, 4.69) is 29.6 Å². The summed E-state index contributed by atoms with van der Waals surface area (Å²) >= 11 is 0. The van der Waals surface area contributed by atoms with Crippen LogP contribution in [-0.2, 0) is 4.79 Å². The van der Waals surface area contributed by atoms with E-state index in [0.29, 0.717) is 0 Å². The monoisotopic (exact) mass is 254 g/mol. The molecule has 0 spiro atoms. The number of hydrogen-bond acceptors (Lipinski definition) is 2. The predicted octanol–water partition coefficient (Wildman–Crippen LogP) is 2.55. The van der Waals surface area contributed by atoms with Gasteiger partial charge in [0.15, 0.2) is 0 Å². The zero-order valence-electron chi connectivity index (χ0n) is 11.1. The summed E-state index contributed by atoms with van der Waals surface area (Å²) in [5.41, 5.74) is 1.00. The van der Waals surface area contributed by atoms with Crippen LogP contribution in [-0.4, -0.2) is 25.5 Å². The smallest absolute Gasteiger partial charge is 0.244 e. The van der Waals surface area contributed by atoms with Gasteiger partial charge in [0, 0.05) is 12.2 Å². The summed E-state index contributed by atoms with van der Waals surface area (Å²) in [6.07, 6.45) is 1.98. The number of carbonyl (C=O) groups is 1. The summed E-state index contributed by atoms with van der Waals surface area (Å²) in [5, 5.41) is 5.49. The second-order valence-corrected chi connectivity index (χ2v) is 5.00. The normalized spacial score (nSPS) is 19.9. The highest BCUT2D eigenvalue weighted by molar-refractivity contribution is 5.99. The molecule has 3 rings (SSSR count). The topological polar surface area (TPSA) is 32.3 Å². The third-order valence-electron chi connectivity index (χ3n) is 3.83. The quantitative estimate of drug-likeness (QED) is 0.893. The van der Waals surface area contributed by atoms with Crippen LogP contribution in [0.25, 0.3) is 10.8 Å². The first kappa shape index (κ1) is 12.2. The van der Waals surface area contributed by atoms with Crippen molar-refractivity contribution in [2.75, 3.05) is 18.5 Å². The van der Waals surface area contributed by atoms with Crippen molar-refractivity contribution in [1.82, 2.24) is 5.32 Å². The first-order valence-corrected chi connectivity index (χ1v) is 6.77. The number of carbonyl (C=O) groups excluding carboxylic acids is 1. The van der Waals surface area contributed by atoms with Crippen LogP contribution in [0.2, 0.25) is 0 Å². The van der Waals surface area contributed by atoms with Gasteiger partial charge < -0.3 is 10.2 Å². The predicted molar refractivity (Wildman–Crippen MR) is 78.4 cm³/mol. The number of piperidine rings is 1. The lowest BCUT2D eigenvalue weighted by molar-refractivity contribution is -0.121. The van der Waals surface area contributed by atoms with Gasteiger partial charge in [-0.15, -0.1) is 0 Å². The number of rotatable bonds is 2. The lowest BCUT2D eigenvalue weighted by Gasteiger charge is -2.32. The molecule has 2 aromatic rings. The molecule has 1 N–H and O–H groups in total. The summed E-state index contributed by atoms with van der Waals surface area (Å²) in [5.74, 6) is 0.184. The molecule has 0 bridgehead atoms. The van der Waals surface area contributed by atoms with Crippen LogP contribution in [0.1, 0.15) is 12.8 Å². The molecule has 1 heterocycles. The molecule has 3 nitrogen and oxygen atoms in total. The summed E-state index contributed by atoms with van der Waals surface area (Å²) in [6.45, 7) is 0.815. The van der Waals surface area contributed by atoms with Crippen LogP contribution in [0.3, 0.4) is 0 Å². The van der Waals surface area contributed by atoms with Gasteiger partial charge in [-0.2, -0.15) is 0 Å². The Labute approximate surface area is 113 Å². The van der Waals surface area contributed by atoms with Gasteiger partial charge in [0.2, 0.25) is 5.91 Å². The molecule has 3 heteroatoms. The highest BCUT2D eigenvalue weighted by atomic mass is 16.2. The van der Waals surface area contributed by atoms with Gasteiger partial charge >= 0.3 is 0 Å². The van der Waals surface area contributed by atoms with E-state index < -0.39 is 0 Å². The summed E-state index contributed by atoms with van der Waals surface area (Å²) in [6, 6.07) is 14.4. The fraction of sp³-hybridized carbons (Fsp3) is 0.312. The highest BCUT2D eigenvalue weighted by Gasteiger charge is 2.28. The molecule has 0 aliphatic carbocycles. The molecule has 0 saturated carbocycles. The Morgan fingerprint density at radius 1 is 1.16 bits per heavy atom. The van der Waals surface area contributed by atoms with Crippen LogP contribution in [0.4, 0.5) is 5.69 Å². The minimum absolute atomic E-state index is 0.0415. The third-order valence-corrected chi connectivity index (χ3v) is 3.83. The van der Waals surface area contributed by atoms with Crippen molar-refractivity contribution in [2.24, 2.45) is 0 Å². The van der Waals surface area contributed by atoms with Crippen molar-refractivity contribution in [2.45, 2.75) is 18.9 Å². The number of hydrogen-bond donors (Lipinski definition) is 1. The lowest BCUT2D eigenvalue weighted by atomic mass is 10.0. The van der Waals surface area contributed by atoms with Crippen molar-refractivity contribution in [3.05, 3.63) is 42.5 Å². The largest absolute Gasteiger partial charge is 0.311 e. The van der Waals surface area contributed by atoms with Gasteiger partial charge in [-0.05, 0) is 42.8 Å². The van der Waals surface area contributed by atoms with E-state index in [0.717, 1.165) is 25.1 Å². The van der Waals surface area contributed by atoms with Crippen LogP contribution >= 0.6 is 0 Å². The van der Waals surface area contributed by atoms with Crippen molar-refractivity contribution >= 4 is 22.4 Å². The maximum absolute atomic E-state index is 12.4. The van der Waals surface area contributed by atoms with Gasteiger partial charge in [0.25, 0.3) is 0 Å². The Morgan fingerprint density at radius 3 is 2.74 bits per heavy atom. The van der Waals surface area contributed by atoms with Crippen molar-refractivity contribution < 1.29 is 4.79 Å². The average molecular weight is 254 g/mol. The summed E-state index contributed by atoms with van der Waals surface area (Å²) < 4.78 is 0. The first-order chi connectivity index (χ1) is 9.29. The minimum atomic E-state index is -0.0415. The number of benzene rings is 2. The number of nitrogens with one attached hydrogen (secondary N) is 1. The van der Waals surface area contributed by atoms with Gasteiger partial charge in [-0.25, -0.2) is 0 Å².